The van der Waals surface area contributed by atoms with Gasteiger partial charge in [-0.15, -0.1) is 11.3 Å². The lowest BCUT2D eigenvalue weighted by molar-refractivity contribution is 0.415. The van der Waals surface area contributed by atoms with E-state index in [0.717, 1.165) is 46.4 Å². The highest BCUT2D eigenvalue weighted by atomic mass is 32.1. The molecule has 0 bridgehead atoms. The number of hydrogen-bond donors (Lipinski definition) is 0. The summed E-state index contributed by atoms with van der Waals surface area (Å²) in [5, 5.41) is 3.15. The third kappa shape index (κ3) is 3.78. The second-order valence-electron chi connectivity index (χ2n) is 6.35. The van der Waals surface area contributed by atoms with Crippen molar-refractivity contribution in [3.63, 3.8) is 0 Å². The van der Waals surface area contributed by atoms with Gasteiger partial charge in [-0.3, -0.25) is 4.98 Å². The smallest absolute Gasteiger partial charge is 0.124 e. The topological polar surface area (TPSA) is 39.9 Å². The van der Waals surface area contributed by atoms with Gasteiger partial charge in [0, 0.05) is 41.5 Å². The molecule has 0 aliphatic rings. The summed E-state index contributed by atoms with van der Waals surface area (Å²) in [7, 11) is 1.68. The molecule has 0 fully saturated rings. The van der Waals surface area contributed by atoms with Gasteiger partial charge in [0.15, 0.2) is 0 Å². The van der Waals surface area contributed by atoms with Crippen LogP contribution in [0.25, 0.3) is 22.0 Å². The summed E-state index contributed by atoms with van der Waals surface area (Å²) in [6.07, 6.45) is 2.75. The third-order valence-electron chi connectivity index (χ3n) is 4.62. The first-order valence-electron chi connectivity index (χ1n) is 8.91. The molecular formula is C22H21N3OS. The van der Waals surface area contributed by atoms with Crippen LogP contribution in [-0.4, -0.2) is 21.6 Å². The molecule has 0 amide bonds. The van der Waals surface area contributed by atoms with Gasteiger partial charge in [0.05, 0.1) is 18.5 Å². The van der Waals surface area contributed by atoms with Crippen LogP contribution in [0.15, 0.2) is 66.2 Å². The van der Waals surface area contributed by atoms with E-state index in [1.54, 1.807) is 18.4 Å². The van der Waals surface area contributed by atoms with Gasteiger partial charge in [0.2, 0.25) is 0 Å². The largest absolute Gasteiger partial charge is 0.497 e. The van der Waals surface area contributed by atoms with Gasteiger partial charge in [-0.05, 0) is 55.5 Å². The van der Waals surface area contributed by atoms with Crippen molar-refractivity contribution in [2.45, 2.75) is 19.9 Å². The Balaban J connectivity index is 1.58. The lowest BCUT2D eigenvalue weighted by atomic mass is 10.2. The van der Waals surface area contributed by atoms with E-state index in [4.69, 9.17) is 9.72 Å². The van der Waals surface area contributed by atoms with Crippen LogP contribution in [-0.2, 0) is 13.0 Å². The molecule has 0 aliphatic heterocycles. The number of pyridine rings is 1. The molecule has 0 N–H and O–H groups in total. The molecule has 0 unspecified atom stereocenters. The summed E-state index contributed by atoms with van der Waals surface area (Å²) >= 11 is 1.67. The van der Waals surface area contributed by atoms with Crippen LogP contribution >= 0.6 is 11.3 Å². The molecule has 136 valence electrons. The number of benzene rings is 1. The number of aryl methyl sites for hydroxylation is 2. The average Bonchev–Trinajstić information content (AvgIpc) is 3.34. The summed E-state index contributed by atoms with van der Waals surface area (Å²) in [5.41, 5.74) is 5.61. The minimum atomic E-state index is 0.856. The van der Waals surface area contributed by atoms with E-state index in [-0.39, 0.29) is 0 Å². The third-order valence-corrected chi connectivity index (χ3v) is 5.51. The maximum absolute atomic E-state index is 5.24. The maximum atomic E-state index is 5.24. The fraction of sp³-hybridized carbons (Fsp3) is 0.182. The van der Waals surface area contributed by atoms with Crippen molar-refractivity contribution in [1.82, 2.24) is 14.5 Å². The predicted molar refractivity (Wildman–Crippen MR) is 110 cm³/mol. The number of thiazole rings is 1. The quantitative estimate of drug-likeness (QED) is 0.463. The zero-order chi connectivity index (χ0) is 18.6. The minimum absolute atomic E-state index is 0.856. The second kappa shape index (κ2) is 7.76. The number of aromatic nitrogens is 3. The molecule has 0 aliphatic carbocycles. The Morgan fingerprint density at radius 3 is 2.63 bits per heavy atom. The van der Waals surface area contributed by atoms with E-state index in [1.165, 1.54) is 5.69 Å². The van der Waals surface area contributed by atoms with Crippen molar-refractivity contribution in [3.8, 4) is 27.7 Å². The van der Waals surface area contributed by atoms with E-state index >= 15 is 0 Å². The fourth-order valence-corrected chi connectivity index (χ4v) is 3.94. The van der Waals surface area contributed by atoms with Crippen molar-refractivity contribution in [2.75, 3.05) is 7.11 Å². The fourth-order valence-electron chi connectivity index (χ4n) is 3.12. The summed E-state index contributed by atoms with van der Waals surface area (Å²) in [5.74, 6) is 0.856. The Hall–Kier alpha value is -2.92. The monoisotopic (exact) mass is 375 g/mol. The number of ether oxygens (including phenoxy) is 1. The molecule has 4 nitrogen and oxygen atoms in total. The Morgan fingerprint density at radius 1 is 1.04 bits per heavy atom. The standard InChI is InChI=1S/C22H21N3OS/c1-16-6-11-21(25(16)14-12-18-5-3-4-13-23-18)20-15-27-22(24-20)17-7-9-19(26-2)10-8-17/h3-11,13,15H,12,14H2,1-2H3. The zero-order valence-corrected chi connectivity index (χ0v) is 16.2. The molecule has 5 heteroatoms. The van der Waals surface area contributed by atoms with Crippen LogP contribution in [0, 0.1) is 6.92 Å². The molecule has 0 spiro atoms. The van der Waals surface area contributed by atoms with Gasteiger partial charge >= 0.3 is 0 Å². The van der Waals surface area contributed by atoms with Gasteiger partial charge in [0.1, 0.15) is 10.8 Å². The van der Waals surface area contributed by atoms with Gasteiger partial charge in [-0.1, -0.05) is 6.07 Å². The van der Waals surface area contributed by atoms with Gasteiger partial charge in [-0.2, -0.15) is 0 Å². The Morgan fingerprint density at radius 2 is 1.89 bits per heavy atom. The predicted octanol–water partition coefficient (Wildman–Crippen LogP) is 5.23. The molecule has 0 atom stereocenters. The van der Waals surface area contributed by atoms with Gasteiger partial charge in [0.25, 0.3) is 0 Å². The normalized spacial score (nSPS) is 10.9. The molecule has 0 saturated carbocycles. The van der Waals surface area contributed by atoms with Crippen LogP contribution in [0.4, 0.5) is 0 Å². The number of nitrogens with zero attached hydrogens (tertiary/aromatic N) is 3. The van der Waals surface area contributed by atoms with Crippen LogP contribution in [0.2, 0.25) is 0 Å². The highest BCUT2D eigenvalue weighted by molar-refractivity contribution is 7.13. The van der Waals surface area contributed by atoms with Crippen molar-refractivity contribution in [2.24, 2.45) is 0 Å². The number of rotatable bonds is 6. The summed E-state index contributed by atoms with van der Waals surface area (Å²) in [6.45, 7) is 3.03. The van der Waals surface area contributed by atoms with Crippen molar-refractivity contribution in [1.29, 1.82) is 0 Å². The number of hydrogen-bond acceptors (Lipinski definition) is 4. The Kier molecular flexibility index (Phi) is 5.03. The van der Waals surface area contributed by atoms with E-state index in [1.807, 2.05) is 42.6 Å². The van der Waals surface area contributed by atoms with Gasteiger partial charge in [-0.25, -0.2) is 4.98 Å². The first kappa shape index (κ1) is 17.5. The molecule has 0 saturated heterocycles. The molecule has 0 radical (unpaired) electrons. The summed E-state index contributed by atoms with van der Waals surface area (Å²) < 4.78 is 7.56. The second-order valence-corrected chi connectivity index (χ2v) is 7.21. The molecular weight excluding hydrogens is 354 g/mol. The zero-order valence-electron chi connectivity index (χ0n) is 15.4. The lowest BCUT2D eigenvalue weighted by Crippen LogP contribution is -2.06. The molecule has 3 heterocycles. The number of methoxy groups -OCH3 is 1. The SMILES string of the molecule is COc1ccc(-c2nc(-c3ccc(C)n3CCc3ccccn3)cs2)cc1. The Labute approximate surface area is 163 Å². The molecule has 4 aromatic rings. The lowest BCUT2D eigenvalue weighted by Gasteiger charge is -2.10. The average molecular weight is 375 g/mol. The van der Waals surface area contributed by atoms with Crippen LogP contribution in [0.3, 0.4) is 0 Å². The van der Waals surface area contributed by atoms with Crippen molar-refractivity contribution < 1.29 is 4.74 Å². The van der Waals surface area contributed by atoms with Crippen molar-refractivity contribution in [3.05, 3.63) is 77.6 Å². The van der Waals surface area contributed by atoms with E-state index in [2.05, 4.69) is 40.1 Å². The van der Waals surface area contributed by atoms with E-state index in [0.29, 0.717) is 0 Å². The summed E-state index contributed by atoms with van der Waals surface area (Å²) in [4.78, 5) is 9.31. The molecule has 3 aromatic heterocycles. The van der Waals surface area contributed by atoms with E-state index in [9.17, 15) is 0 Å². The van der Waals surface area contributed by atoms with Gasteiger partial charge < -0.3 is 9.30 Å². The van der Waals surface area contributed by atoms with E-state index < -0.39 is 0 Å². The minimum Gasteiger partial charge on any atom is -0.497 e. The Bertz CT molecular complexity index is 1020. The highest BCUT2D eigenvalue weighted by Gasteiger charge is 2.12. The van der Waals surface area contributed by atoms with Crippen LogP contribution < -0.4 is 4.74 Å². The molecule has 27 heavy (non-hydrogen) atoms. The van der Waals surface area contributed by atoms with Crippen LogP contribution in [0.5, 0.6) is 5.75 Å². The molecule has 4 rings (SSSR count). The van der Waals surface area contributed by atoms with Crippen molar-refractivity contribution >= 4 is 11.3 Å². The summed E-state index contributed by atoms with van der Waals surface area (Å²) in [6, 6.07) is 18.4. The highest BCUT2D eigenvalue weighted by Crippen LogP contribution is 2.31. The first-order chi connectivity index (χ1) is 13.2. The molecule has 1 aromatic carbocycles. The van der Waals surface area contributed by atoms with Crippen LogP contribution in [0.1, 0.15) is 11.4 Å². The maximum Gasteiger partial charge on any atom is 0.124 e. The first-order valence-corrected chi connectivity index (χ1v) is 9.79.